The summed E-state index contributed by atoms with van der Waals surface area (Å²) in [4.78, 5) is 0. The average molecular weight is 138 g/mol. The molecule has 0 aromatic rings. The third-order valence-corrected chi connectivity index (χ3v) is 3.23. The Morgan fingerprint density at radius 3 is 2.12 bits per heavy atom. The van der Waals surface area contributed by atoms with E-state index in [4.69, 9.17) is 15.3 Å². The van der Waals surface area contributed by atoms with Crippen LogP contribution in [0.5, 0.6) is 0 Å². The molecule has 1 saturated heterocycles. The minimum atomic E-state index is -2.28. The van der Waals surface area contributed by atoms with E-state index in [1.54, 1.807) is 0 Å². The van der Waals surface area contributed by atoms with Crippen molar-refractivity contribution in [1.29, 1.82) is 0 Å². The van der Waals surface area contributed by atoms with Crippen LogP contribution in [0.1, 0.15) is 0 Å². The molecule has 48 valence electrons. The van der Waals surface area contributed by atoms with Gasteiger partial charge in [-0.15, -0.1) is 0 Å². The maximum Gasteiger partial charge on any atom is 0.173 e. The highest BCUT2D eigenvalue weighted by molar-refractivity contribution is 7.55. The second kappa shape index (κ2) is 1.54. The topological polar surface area (TPSA) is 77.8 Å². The van der Waals surface area contributed by atoms with E-state index >= 15 is 0 Å². The van der Waals surface area contributed by atoms with Gasteiger partial charge in [-0.3, -0.25) is 0 Å². The molecule has 0 aromatic heterocycles. The van der Waals surface area contributed by atoms with Gasteiger partial charge in [0, 0.05) is 0 Å². The quantitative estimate of drug-likeness (QED) is 0.388. The van der Waals surface area contributed by atoms with E-state index in [1.165, 1.54) is 0 Å². The molecule has 1 aliphatic heterocycles. The Labute approximate surface area is 46.6 Å². The summed E-state index contributed by atoms with van der Waals surface area (Å²) in [7, 11) is -2.28. The van der Waals surface area contributed by atoms with Crippen LogP contribution in [-0.2, 0) is 4.57 Å². The molecule has 0 bridgehead atoms. The average Bonchev–Trinajstić information content (AvgIpc) is 2.22. The summed E-state index contributed by atoms with van der Waals surface area (Å²) in [6, 6.07) is 0. The Hall–Kier alpha value is 0.110. The Bertz CT molecular complexity index is 135. The highest BCUT2D eigenvalue weighted by atomic mass is 31.1. The van der Waals surface area contributed by atoms with Crippen LogP contribution in [0, 0.1) is 0 Å². The molecule has 1 aliphatic rings. The summed E-state index contributed by atoms with van der Waals surface area (Å²) >= 11 is 0. The van der Waals surface area contributed by atoms with Crippen molar-refractivity contribution in [1.82, 2.24) is 0 Å². The van der Waals surface area contributed by atoms with Gasteiger partial charge >= 0.3 is 0 Å². The lowest BCUT2D eigenvalue weighted by Crippen LogP contribution is -2.17. The van der Waals surface area contributed by atoms with Crippen molar-refractivity contribution in [3.8, 4) is 0 Å². The first-order chi connectivity index (χ1) is 3.63. The van der Waals surface area contributed by atoms with E-state index in [0.717, 1.165) is 0 Å². The Kier molecular flexibility index (Phi) is 1.20. The third-order valence-electron chi connectivity index (χ3n) is 1.29. The molecular formula is C3H7O4P. The van der Waals surface area contributed by atoms with Crippen molar-refractivity contribution in [3.63, 3.8) is 0 Å². The van der Waals surface area contributed by atoms with Crippen LogP contribution in [0.15, 0.2) is 0 Å². The van der Waals surface area contributed by atoms with Gasteiger partial charge in [0.15, 0.2) is 5.34 Å². The molecule has 5 heteroatoms. The zero-order chi connectivity index (χ0) is 6.36. The summed E-state index contributed by atoms with van der Waals surface area (Å²) in [6.45, 7) is -0.605. The molecule has 0 amide bonds. The van der Waals surface area contributed by atoms with Crippen LogP contribution in [0.3, 0.4) is 0 Å². The normalized spacial score (nSPS) is 53.9. The Morgan fingerprint density at radius 2 is 2.12 bits per heavy atom. The fourth-order valence-electron chi connectivity index (χ4n) is 0.483. The van der Waals surface area contributed by atoms with Crippen LogP contribution in [0.25, 0.3) is 0 Å². The summed E-state index contributed by atoms with van der Waals surface area (Å²) in [5.41, 5.74) is 0. The van der Waals surface area contributed by atoms with Gasteiger partial charge in [0.1, 0.15) is 13.6 Å². The van der Waals surface area contributed by atoms with E-state index in [9.17, 15) is 4.57 Å². The maximum absolute atomic E-state index is 10.3. The smallest absolute Gasteiger partial charge is 0.173 e. The second-order valence-corrected chi connectivity index (χ2v) is 3.99. The van der Waals surface area contributed by atoms with Gasteiger partial charge in [-0.05, 0) is 0 Å². The van der Waals surface area contributed by atoms with Crippen molar-refractivity contribution in [3.05, 3.63) is 0 Å². The van der Waals surface area contributed by atoms with Crippen molar-refractivity contribution in [2.75, 3.05) is 6.61 Å². The van der Waals surface area contributed by atoms with E-state index in [-0.39, 0.29) is 0 Å². The number of aliphatic hydroxyl groups is 3. The van der Waals surface area contributed by atoms with Crippen molar-refractivity contribution >= 4 is 7.80 Å². The summed E-state index contributed by atoms with van der Waals surface area (Å²) in [6.07, 6.45) is 0. The van der Waals surface area contributed by atoms with Crippen LogP contribution < -0.4 is 0 Å². The first-order valence-electron chi connectivity index (χ1n) is 2.18. The number of hydrogen-bond acceptors (Lipinski definition) is 4. The molecule has 4 nitrogen and oxygen atoms in total. The van der Waals surface area contributed by atoms with Gasteiger partial charge in [0.25, 0.3) is 0 Å². The predicted molar refractivity (Wildman–Crippen MR) is 27.0 cm³/mol. The number of rotatable bonds is 1. The molecule has 0 aliphatic carbocycles. The molecule has 0 spiro atoms. The largest absolute Gasteiger partial charge is 0.393 e. The second-order valence-electron chi connectivity index (χ2n) is 1.85. The van der Waals surface area contributed by atoms with E-state index in [0.29, 0.717) is 0 Å². The van der Waals surface area contributed by atoms with Gasteiger partial charge in [-0.2, -0.15) is 0 Å². The minimum Gasteiger partial charge on any atom is -0.393 e. The standard InChI is InChI=1S/C3H7O4P/c4-1-3(6)2(5)8(3)7/h2,4-6,8H,1H2. The molecule has 3 N–H and O–H groups in total. The van der Waals surface area contributed by atoms with E-state index in [1.807, 2.05) is 0 Å². The lowest BCUT2D eigenvalue weighted by molar-refractivity contribution is 0.0399. The van der Waals surface area contributed by atoms with Gasteiger partial charge in [0.05, 0.1) is 6.61 Å². The van der Waals surface area contributed by atoms with Crippen LogP contribution in [0.4, 0.5) is 0 Å². The Balaban J connectivity index is 2.63. The first-order valence-corrected chi connectivity index (χ1v) is 3.67. The minimum absolute atomic E-state index is 0.605. The molecule has 0 aromatic carbocycles. The molecule has 0 radical (unpaired) electrons. The zero-order valence-electron chi connectivity index (χ0n) is 4.03. The van der Waals surface area contributed by atoms with Crippen LogP contribution in [0.2, 0.25) is 0 Å². The summed E-state index contributed by atoms with van der Waals surface area (Å²) < 4.78 is 10.3. The van der Waals surface area contributed by atoms with Crippen molar-refractivity contribution in [2.24, 2.45) is 0 Å². The Morgan fingerprint density at radius 1 is 1.75 bits per heavy atom. The van der Waals surface area contributed by atoms with Crippen molar-refractivity contribution < 1.29 is 19.9 Å². The third kappa shape index (κ3) is 0.545. The molecule has 1 heterocycles. The van der Waals surface area contributed by atoms with Crippen LogP contribution >= 0.6 is 7.80 Å². The molecule has 0 saturated carbocycles. The number of aliphatic hydroxyl groups excluding tert-OH is 2. The zero-order valence-corrected chi connectivity index (χ0v) is 5.03. The highest BCUT2D eigenvalue weighted by Crippen LogP contribution is 2.62. The number of hydrogen-bond donors (Lipinski definition) is 3. The molecular weight excluding hydrogens is 131 g/mol. The predicted octanol–water partition coefficient (Wildman–Crippen LogP) is -1.44. The van der Waals surface area contributed by atoms with Crippen molar-refractivity contribution in [2.45, 2.75) is 11.2 Å². The molecule has 1 rings (SSSR count). The maximum atomic E-state index is 10.3. The van der Waals surface area contributed by atoms with Gasteiger partial charge < -0.3 is 19.9 Å². The van der Waals surface area contributed by atoms with Crippen LogP contribution in [-0.4, -0.2) is 33.1 Å². The van der Waals surface area contributed by atoms with Gasteiger partial charge in [0.2, 0.25) is 0 Å². The molecule has 3 unspecified atom stereocenters. The van der Waals surface area contributed by atoms with Gasteiger partial charge in [-0.25, -0.2) is 0 Å². The molecule has 3 atom stereocenters. The van der Waals surface area contributed by atoms with E-state index < -0.39 is 25.6 Å². The van der Waals surface area contributed by atoms with E-state index in [2.05, 4.69) is 0 Å². The van der Waals surface area contributed by atoms with Gasteiger partial charge in [-0.1, -0.05) is 0 Å². The monoisotopic (exact) mass is 138 g/mol. The first kappa shape index (κ1) is 6.23. The fraction of sp³-hybridized carbons (Fsp3) is 1.00. The molecule has 1 fully saturated rings. The SMILES string of the molecule is O=[PH]1C(O)C1(O)CO. The lowest BCUT2D eigenvalue weighted by atomic mass is 10.4. The fourth-order valence-corrected chi connectivity index (χ4v) is 1.55. The summed E-state index contributed by atoms with van der Waals surface area (Å²) in [5.74, 6) is -1.17. The molecule has 8 heavy (non-hydrogen) atoms. The summed E-state index contributed by atoms with van der Waals surface area (Å²) in [5, 5.41) is 23.8. The highest BCUT2D eigenvalue weighted by Gasteiger charge is 2.61. The lowest BCUT2D eigenvalue weighted by Gasteiger charge is -1.95.